The largest absolute Gasteiger partial charge is 0.393 e. The number of carbonyl (C=O) groups is 1. The molecule has 0 aliphatic rings. The summed E-state index contributed by atoms with van der Waals surface area (Å²) < 4.78 is 0. The Hall–Kier alpha value is -0.570. The van der Waals surface area contributed by atoms with Crippen molar-refractivity contribution in [1.29, 1.82) is 0 Å². The molecule has 0 rings (SSSR count). The molecule has 0 heterocycles. The maximum atomic E-state index is 12.3. The quantitative estimate of drug-likeness (QED) is 0.436. The van der Waals surface area contributed by atoms with Crippen LogP contribution >= 0.6 is 0 Å². The smallest absolute Gasteiger partial charge is 0.222 e. The molecule has 1 amide bonds. The predicted molar refractivity (Wildman–Crippen MR) is 95.0 cm³/mol. The topological polar surface area (TPSA) is 40.5 Å². The summed E-state index contributed by atoms with van der Waals surface area (Å²) in [5.74, 6) is 0.229. The van der Waals surface area contributed by atoms with Crippen LogP contribution < -0.4 is 0 Å². The van der Waals surface area contributed by atoms with Crippen molar-refractivity contribution in [2.45, 2.75) is 104 Å². The molecular weight excluding hydrogens is 274 g/mol. The molecule has 3 nitrogen and oxygen atoms in total. The molecule has 0 saturated heterocycles. The van der Waals surface area contributed by atoms with Gasteiger partial charge in [-0.1, -0.05) is 65.7 Å². The molecule has 0 radical (unpaired) electrons. The molecule has 0 aliphatic carbocycles. The first-order valence-corrected chi connectivity index (χ1v) is 9.61. The maximum Gasteiger partial charge on any atom is 0.222 e. The second-order valence-electron chi connectivity index (χ2n) is 6.48. The zero-order valence-electron chi connectivity index (χ0n) is 15.3. The van der Waals surface area contributed by atoms with E-state index < -0.39 is 0 Å². The molecule has 0 aliphatic heterocycles. The van der Waals surface area contributed by atoms with Gasteiger partial charge in [0.25, 0.3) is 0 Å². The third kappa shape index (κ3) is 12.0. The first-order valence-electron chi connectivity index (χ1n) is 9.61. The van der Waals surface area contributed by atoms with E-state index in [0.29, 0.717) is 12.8 Å². The van der Waals surface area contributed by atoms with Gasteiger partial charge in [-0.15, -0.1) is 0 Å². The summed E-state index contributed by atoms with van der Waals surface area (Å²) in [7, 11) is 0. The van der Waals surface area contributed by atoms with Crippen LogP contribution in [0.3, 0.4) is 0 Å². The SMILES string of the molecule is CCCCCCCC(O)CCC(=O)N(CCCC)CCCC. The summed E-state index contributed by atoms with van der Waals surface area (Å²) in [6.45, 7) is 8.28. The van der Waals surface area contributed by atoms with Crippen LogP contribution in [0.4, 0.5) is 0 Å². The van der Waals surface area contributed by atoms with Gasteiger partial charge in [0, 0.05) is 19.5 Å². The van der Waals surface area contributed by atoms with Crippen LogP contribution in [-0.2, 0) is 4.79 Å². The highest BCUT2D eigenvalue weighted by Gasteiger charge is 2.14. The van der Waals surface area contributed by atoms with E-state index in [2.05, 4.69) is 20.8 Å². The minimum Gasteiger partial charge on any atom is -0.393 e. The Balaban J connectivity index is 3.88. The summed E-state index contributed by atoms with van der Waals surface area (Å²) in [4.78, 5) is 14.3. The number of hydrogen-bond acceptors (Lipinski definition) is 2. The molecule has 0 aromatic carbocycles. The van der Waals surface area contributed by atoms with E-state index >= 15 is 0 Å². The van der Waals surface area contributed by atoms with Crippen LogP contribution in [0, 0.1) is 0 Å². The Morgan fingerprint density at radius 1 is 0.818 bits per heavy atom. The molecule has 1 atom stereocenters. The first kappa shape index (κ1) is 21.4. The highest BCUT2D eigenvalue weighted by Crippen LogP contribution is 2.12. The number of unbranched alkanes of at least 4 members (excludes halogenated alkanes) is 6. The van der Waals surface area contributed by atoms with Crippen LogP contribution in [0.25, 0.3) is 0 Å². The highest BCUT2D eigenvalue weighted by molar-refractivity contribution is 5.76. The Kier molecular flexibility index (Phi) is 14.9. The third-order valence-electron chi connectivity index (χ3n) is 4.25. The van der Waals surface area contributed by atoms with Crippen LogP contribution in [0.15, 0.2) is 0 Å². The van der Waals surface area contributed by atoms with Gasteiger partial charge in [-0.05, 0) is 25.7 Å². The molecule has 0 aromatic rings. The van der Waals surface area contributed by atoms with Gasteiger partial charge in [0.2, 0.25) is 5.91 Å². The number of carbonyl (C=O) groups excluding carboxylic acids is 1. The molecular formula is C19H39NO2. The maximum absolute atomic E-state index is 12.3. The molecule has 22 heavy (non-hydrogen) atoms. The number of aliphatic hydroxyl groups excluding tert-OH is 1. The fourth-order valence-corrected chi connectivity index (χ4v) is 2.64. The summed E-state index contributed by atoms with van der Waals surface area (Å²) >= 11 is 0. The van der Waals surface area contributed by atoms with Crippen molar-refractivity contribution < 1.29 is 9.90 Å². The van der Waals surface area contributed by atoms with Crippen LogP contribution in [-0.4, -0.2) is 35.1 Å². The molecule has 1 N–H and O–H groups in total. The predicted octanol–water partition coefficient (Wildman–Crippen LogP) is 4.92. The molecule has 132 valence electrons. The Morgan fingerprint density at radius 3 is 1.91 bits per heavy atom. The van der Waals surface area contributed by atoms with Gasteiger partial charge < -0.3 is 10.0 Å². The molecule has 1 unspecified atom stereocenters. The standard InChI is InChI=1S/C19H39NO2/c1-4-7-10-11-12-13-18(21)14-15-19(22)20(16-8-5-2)17-9-6-3/h18,21H,4-17H2,1-3H3. The van der Waals surface area contributed by atoms with Gasteiger partial charge in [0.05, 0.1) is 6.10 Å². The van der Waals surface area contributed by atoms with E-state index in [1.165, 1.54) is 25.7 Å². The fraction of sp³-hybridized carbons (Fsp3) is 0.947. The number of hydrogen-bond donors (Lipinski definition) is 1. The average molecular weight is 314 g/mol. The van der Waals surface area contributed by atoms with E-state index in [1.54, 1.807) is 0 Å². The summed E-state index contributed by atoms with van der Waals surface area (Å²) in [6.07, 6.45) is 12.2. The fourth-order valence-electron chi connectivity index (χ4n) is 2.64. The Bertz CT molecular complexity index is 248. The van der Waals surface area contributed by atoms with Crippen molar-refractivity contribution in [3.63, 3.8) is 0 Å². The zero-order valence-corrected chi connectivity index (χ0v) is 15.3. The highest BCUT2D eigenvalue weighted by atomic mass is 16.3. The average Bonchev–Trinajstić information content (AvgIpc) is 2.52. The molecule has 0 saturated carbocycles. The third-order valence-corrected chi connectivity index (χ3v) is 4.25. The summed E-state index contributed by atoms with van der Waals surface area (Å²) in [5, 5.41) is 10.0. The van der Waals surface area contributed by atoms with Crippen molar-refractivity contribution >= 4 is 5.91 Å². The summed E-state index contributed by atoms with van der Waals surface area (Å²) in [6, 6.07) is 0. The lowest BCUT2D eigenvalue weighted by molar-refractivity contribution is -0.132. The lowest BCUT2D eigenvalue weighted by atomic mass is 10.0. The number of amides is 1. The van der Waals surface area contributed by atoms with Crippen LogP contribution in [0.5, 0.6) is 0 Å². The molecule has 0 aromatic heterocycles. The molecule has 3 heteroatoms. The van der Waals surface area contributed by atoms with Crippen LogP contribution in [0.1, 0.15) is 97.8 Å². The van der Waals surface area contributed by atoms with Crippen molar-refractivity contribution in [3.8, 4) is 0 Å². The minimum atomic E-state index is -0.301. The second-order valence-corrected chi connectivity index (χ2v) is 6.48. The molecule has 0 spiro atoms. The van der Waals surface area contributed by atoms with Crippen molar-refractivity contribution in [1.82, 2.24) is 4.90 Å². The van der Waals surface area contributed by atoms with Gasteiger partial charge in [0.1, 0.15) is 0 Å². The van der Waals surface area contributed by atoms with Crippen LogP contribution in [0.2, 0.25) is 0 Å². The lowest BCUT2D eigenvalue weighted by Gasteiger charge is -2.23. The Labute approximate surface area is 138 Å². The summed E-state index contributed by atoms with van der Waals surface area (Å²) in [5.41, 5.74) is 0. The number of rotatable bonds is 15. The zero-order chi connectivity index (χ0) is 16.6. The number of aliphatic hydroxyl groups is 1. The Morgan fingerprint density at radius 2 is 1.36 bits per heavy atom. The first-order chi connectivity index (χ1) is 10.7. The van der Waals surface area contributed by atoms with Crippen molar-refractivity contribution in [3.05, 3.63) is 0 Å². The number of nitrogens with zero attached hydrogens (tertiary/aromatic N) is 1. The van der Waals surface area contributed by atoms with Gasteiger partial charge in [-0.2, -0.15) is 0 Å². The normalized spacial score (nSPS) is 12.4. The van der Waals surface area contributed by atoms with Gasteiger partial charge in [-0.3, -0.25) is 4.79 Å². The van der Waals surface area contributed by atoms with Crippen molar-refractivity contribution in [2.75, 3.05) is 13.1 Å². The molecule has 0 bridgehead atoms. The van der Waals surface area contributed by atoms with Gasteiger partial charge >= 0.3 is 0 Å². The van der Waals surface area contributed by atoms with E-state index in [1.807, 2.05) is 4.90 Å². The van der Waals surface area contributed by atoms with E-state index in [4.69, 9.17) is 0 Å². The van der Waals surface area contributed by atoms with E-state index in [9.17, 15) is 9.90 Å². The monoisotopic (exact) mass is 313 g/mol. The van der Waals surface area contributed by atoms with E-state index in [0.717, 1.165) is 51.6 Å². The lowest BCUT2D eigenvalue weighted by Crippen LogP contribution is -2.33. The molecule has 0 fully saturated rings. The van der Waals surface area contributed by atoms with Gasteiger partial charge in [-0.25, -0.2) is 0 Å². The van der Waals surface area contributed by atoms with Gasteiger partial charge in [0.15, 0.2) is 0 Å². The second kappa shape index (κ2) is 15.3. The minimum absolute atomic E-state index is 0.229. The van der Waals surface area contributed by atoms with E-state index in [-0.39, 0.29) is 12.0 Å². The van der Waals surface area contributed by atoms with Crippen molar-refractivity contribution in [2.24, 2.45) is 0 Å².